The highest BCUT2D eigenvalue weighted by molar-refractivity contribution is 4.98. The molecule has 0 amide bonds. The Morgan fingerprint density at radius 3 is 2.50 bits per heavy atom. The van der Waals surface area contributed by atoms with Crippen molar-refractivity contribution < 1.29 is 0 Å². The molecular weight excluding hydrogens is 150 g/mol. The lowest BCUT2D eigenvalue weighted by atomic mass is 9.88. The van der Waals surface area contributed by atoms with E-state index in [4.69, 9.17) is 5.73 Å². The second kappa shape index (κ2) is 3.32. The van der Waals surface area contributed by atoms with Crippen LogP contribution in [0.25, 0.3) is 0 Å². The average molecular weight is 169 g/mol. The molecule has 3 heteroatoms. The van der Waals surface area contributed by atoms with E-state index in [0.29, 0.717) is 0 Å². The zero-order valence-electron chi connectivity index (χ0n) is 7.60. The summed E-state index contributed by atoms with van der Waals surface area (Å²) >= 11 is 0. The molecule has 0 bridgehead atoms. The molecule has 2 rings (SSSR count). The third-order valence-corrected chi connectivity index (χ3v) is 3.04. The molecule has 1 heterocycles. The van der Waals surface area contributed by atoms with Crippen LogP contribution in [0.5, 0.6) is 0 Å². The van der Waals surface area contributed by atoms with Gasteiger partial charge in [-0.15, -0.1) is 0 Å². The third-order valence-electron chi connectivity index (χ3n) is 3.04. The highest BCUT2D eigenvalue weighted by Crippen LogP contribution is 2.26. The van der Waals surface area contributed by atoms with Gasteiger partial charge in [0.1, 0.15) is 0 Å². The summed E-state index contributed by atoms with van der Waals surface area (Å²) in [4.78, 5) is 0. The van der Waals surface area contributed by atoms with E-state index < -0.39 is 0 Å². The van der Waals surface area contributed by atoms with Gasteiger partial charge in [0.25, 0.3) is 0 Å². The van der Waals surface area contributed by atoms with Crippen LogP contribution in [0.2, 0.25) is 0 Å². The standard InChI is InChI=1S/C9H19N3/c10-7-9(12-8-1-2-8)3-5-11-6-4-9/h8,11-12H,1-7,10H2. The lowest BCUT2D eigenvalue weighted by molar-refractivity contribution is 0.248. The molecule has 0 unspecified atom stereocenters. The Balaban J connectivity index is 1.90. The van der Waals surface area contributed by atoms with Gasteiger partial charge in [0.2, 0.25) is 0 Å². The van der Waals surface area contributed by atoms with E-state index in [0.717, 1.165) is 25.7 Å². The first kappa shape index (κ1) is 8.48. The molecule has 0 spiro atoms. The van der Waals surface area contributed by atoms with E-state index in [9.17, 15) is 0 Å². The van der Waals surface area contributed by atoms with Gasteiger partial charge in [-0.1, -0.05) is 0 Å². The molecule has 3 nitrogen and oxygen atoms in total. The zero-order valence-corrected chi connectivity index (χ0v) is 7.60. The number of hydrogen-bond acceptors (Lipinski definition) is 3. The molecule has 4 N–H and O–H groups in total. The molecule has 1 aliphatic heterocycles. The second-order valence-corrected chi connectivity index (χ2v) is 4.15. The molecule has 70 valence electrons. The predicted octanol–water partition coefficient (Wildman–Crippen LogP) is -0.181. The van der Waals surface area contributed by atoms with Crippen molar-refractivity contribution >= 4 is 0 Å². The van der Waals surface area contributed by atoms with Crippen molar-refractivity contribution in [3.05, 3.63) is 0 Å². The first-order chi connectivity index (χ1) is 5.85. The van der Waals surface area contributed by atoms with Crippen molar-refractivity contribution in [1.29, 1.82) is 0 Å². The smallest absolute Gasteiger partial charge is 0.0330 e. The van der Waals surface area contributed by atoms with E-state index in [1.807, 2.05) is 0 Å². The highest BCUT2D eigenvalue weighted by Gasteiger charge is 2.35. The average Bonchev–Trinajstić information content (AvgIpc) is 2.90. The van der Waals surface area contributed by atoms with Crippen LogP contribution in [-0.4, -0.2) is 31.2 Å². The Morgan fingerprint density at radius 1 is 1.33 bits per heavy atom. The summed E-state index contributed by atoms with van der Waals surface area (Å²) in [6.45, 7) is 3.04. The number of piperidine rings is 1. The summed E-state index contributed by atoms with van der Waals surface area (Å²) in [6, 6.07) is 0.784. The molecule has 0 aromatic carbocycles. The first-order valence-corrected chi connectivity index (χ1v) is 5.03. The van der Waals surface area contributed by atoms with E-state index in [-0.39, 0.29) is 5.54 Å². The van der Waals surface area contributed by atoms with E-state index in [2.05, 4.69) is 10.6 Å². The van der Waals surface area contributed by atoms with Gasteiger partial charge in [-0.2, -0.15) is 0 Å². The maximum atomic E-state index is 5.82. The Morgan fingerprint density at radius 2 is 2.00 bits per heavy atom. The van der Waals surface area contributed by atoms with Crippen LogP contribution in [0, 0.1) is 0 Å². The highest BCUT2D eigenvalue weighted by atomic mass is 15.1. The second-order valence-electron chi connectivity index (χ2n) is 4.15. The summed E-state index contributed by atoms with van der Waals surface area (Å²) in [5.41, 5.74) is 6.09. The van der Waals surface area contributed by atoms with Crippen LogP contribution in [0.15, 0.2) is 0 Å². The third kappa shape index (κ3) is 1.79. The van der Waals surface area contributed by atoms with Crippen LogP contribution in [0.4, 0.5) is 0 Å². The number of rotatable bonds is 3. The van der Waals surface area contributed by atoms with Gasteiger partial charge < -0.3 is 16.4 Å². The minimum atomic E-state index is 0.270. The Labute approximate surface area is 74.1 Å². The van der Waals surface area contributed by atoms with Crippen LogP contribution in [0.1, 0.15) is 25.7 Å². The SMILES string of the molecule is NCC1(NC2CC2)CCNCC1. The maximum Gasteiger partial charge on any atom is 0.0330 e. The van der Waals surface area contributed by atoms with E-state index in [1.54, 1.807) is 0 Å². The molecule has 2 aliphatic rings. The molecule has 2 fully saturated rings. The zero-order chi connectivity index (χ0) is 8.44. The fourth-order valence-corrected chi connectivity index (χ4v) is 1.97. The first-order valence-electron chi connectivity index (χ1n) is 5.03. The lowest BCUT2D eigenvalue weighted by Crippen LogP contribution is -2.57. The molecule has 1 saturated heterocycles. The minimum Gasteiger partial charge on any atom is -0.329 e. The Bertz CT molecular complexity index is 148. The van der Waals surface area contributed by atoms with Gasteiger partial charge in [0.05, 0.1) is 0 Å². The van der Waals surface area contributed by atoms with Crippen LogP contribution in [-0.2, 0) is 0 Å². The topological polar surface area (TPSA) is 50.1 Å². The monoisotopic (exact) mass is 169 g/mol. The molecule has 0 aromatic rings. The summed E-state index contributed by atoms with van der Waals surface area (Å²) < 4.78 is 0. The summed E-state index contributed by atoms with van der Waals surface area (Å²) in [5, 5.41) is 7.06. The lowest BCUT2D eigenvalue weighted by Gasteiger charge is -2.37. The largest absolute Gasteiger partial charge is 0.329 e. The van der Waals surface area contributed by atoms with Gasteiger partial charge in [-0.25, -0.2) is 0 Å². The van der Waals surface area contributed by atoms with Gasteiger partial charge in [-0.3, -0.25) is 0 Å². The Kier molecular flexibility index (Phi) is 2.35. The molecule has 0 aromatic heterocycles. The van der Waals surface area contributed by atoms with Crippen molar-refractivity contribution in [2.45, 2.75) is 37.3 Å². The maximum absolute atomic E-state index is 5.82. The van der Waals surface area contributed by atoms with Crippen molar-refractivity contribution in [2.24, 2.45) is 5.73 Å². The predicted molar refractivity (Wildman–Crippen MR) is 50.0 cm³/mol. The molecule has 1 aliphatic carbocycles. The minimum absolute atomic E-state index is 0.270. The van der Waals surface area contributed by atoms with Crippen molar-refractivity contribution in [3.8, 4) is 0 Å². The van der Waals surface area contributed by atoms with Crippen molar-refractivity contribution in [2.75, 3.05) is 19.6 Å². The van der Waals surface area contributed by atoms with Gasteiger partial charge >= 0.3 is 0 Å². The van der Waals surface area contributed by atoms with Gasteiger partial charge in [0, 0.05) is 18.1 Å². The number of nitrogens with two attached hydrogens (primary N) is 1. The van der Waals surface area contributed by atoms with Crippen molar-refractivity contribution in [1.82, 2.24) is 10.6 Å². The molecule has 0 atom stereocenters. The molecule has 12 heavy (non-hydrogen) atoms. The van der Waals surface area contributed by atoms with Crippen LogP contribution < -0.4 is 16.4 Å². The van der Waals surface area contributed by atoms with Crippen molar-refractivity contribution in [3.63, 3.8) is 0 Å². The fourth-order valence-electron chi connectivity index (χ4n) is 1.97. The summed E-state index contributed by atoms with van der Waals surface area (Å²) in [6.07, 6.45) is 5.10. The quantitative estimate of drug-likeness (QED) is 0.549. The van der Waals surface area contributed by atoms with Gasteiger partial charge in [-0.05, 0) is 38.8 Å². The number of hydrogen-bond donors (Lipinski definition) is 3. The Hall–Kier alpha value is -0.120. The summed E-state index contributed by atoms with van der Waals surface area (Å²) in [5.74, 6) is 0. The van der Waals surface area contributed by atoms with E-state index >= 15 is 0 Å². The van der Waals surface area contributed by atoms with Crippen LogP contribution in [0.3, 0.4) is 0 Å². The molecule has 1 saturated carbocycles. The fraction of sp³-hybridized carbons (Fsp3) is 1.00. The molecule has 0 radical (unpaired) electrons. The normalized spacial score (nSPS) is 28.8. The van der Waals surface area contributed by atoms with E-state index in [1.165, 1.54) is 25.7 Å². The van der Waals surface area contributed by atoms with Gasteiger partial charge in [0.15, 0.2) is 0 Å². The number of nitrogens with one attached hydrogen (secondary N) is 2. The molecular formula is C9H19N3. The van der Waals surface area contributed by atoms with Crippen LogP contribution >= 0.6 is 0 Å². The summed E-state index contributed by atoms with van der Waals surface area (Å²) in [7, 11) is 0.